The molecule has 2 nitrogen and oxygen atoms in total. The van der Waals surface area contributed by atoms with E-state index in [-0.39, 0.29) is 0 Å². The Kier molecular flexibility index (Phi) is 4.11. The van der Waals surface area contributed by atoms with Crippen LogP contribution >= 0.6 is 23.2 Å². The summed E-state index contributed by atoms with van der Waals surface area (Å²) in [6.07, 6.45) is 1.18. The van der Waals surface area contributed by atoms with Gasteiger partial charge in [0.2, 0.25) is 0 Å². The molecule has 22 heavy (non-hydrogen) atoms. The van der Waals surface area contributed by atoms with Crippen LogP contribution in [-0.4, -0.2) is 4.57 Å². The maximum Gasteiger partial charge on any atom is 0.0625 e. The lowest BCUT2D eigenvalue weighted by Gasteiger charge is -2.08. The highest BCUT2D eigenvalue weighted by atomic mass is 35.5. The molecule has 0 atom stereocenters. The zero-order valence-electron chi connectivity index (χ0n) is 12.1. The average Bonchev–Trinajstić information content (AvgIpc) is 2.78. The number of rotatable bonds is 3. The number of nitriles is 1. The van der Waals surface area contributed by atoms with Gasteiger partial charge in [-0.15, -0.1) is 0 Å². The van der Waals surface area contributed by atoms with Crippen LogP contribution in [0.3, 0.4) is 0 Å². The lowest BCUT2D eigenvalue weighted by molar-refractivity contribution is 0.950. The normalized spacial score (nSPS) is 10.8. The first-order chi connectivity index (χ1) is 10.6. The number of hydrogen-bond donors (Lipinski definition) is 0. The molecule has 1 aromatic heterocycles. The summed E-state index contributed by atoms with van der Waals surface area (Å²) in [5.41, 5.74) is 4.47. The van der Waals surface area contributed by atoms with E-state index >= 15 is 0 Å². The summed E-state index contributed by atoms with van der Waals surface area (Å²) in [5.74, 6) is 0. The van der Waals surface area contributed by atoms with E-state index in [0.29, 0.717) is 22.9 Å². The Bertz CT molecular complexity index is 871. The van der Waals surface area contributed by atoms with E-state index in [1.54, 1.807) is 0 Å². The van der Waals surface area contributed by atoms with E-state index in [0.717, 1.165) is 27.7 Å². The molecule has 0 bridgehead atoms. The van der Waals surface area contributed by atoms with Crippen LogP contribution in [0.5, 0.6) is 0 Å². The quantitative estimate of drug-likeness (QED) is 0.614. The maximum absolute atomic E-state index is 8.96. The molecule has 110 valence electrons. The zero-order valence-corrected chi connectivity index (χ0v) is 13.6. The van der Waals surface area contributed by atoms with Crippen LogP contribution in [0.2, 0.25) is 10.0 Å². The van der Waals surface area contributed by atoms with E-state index < -0.39 is 0 Å². The Morgan fingerprint density at radius 1 is 1.05 bits per heavy atom. The Morgan fingerprint density at radius 3 is 2.41 bits per heavy atom. The second kappa shape index (κ2) is 6.04. The molecular formula is C18H14Cl2N2. The second-order valence-corrected chi connectivity index (χ2v) is 6.09. The second-order valence-electron chi connectivity index (χ2n) is 5.21. The molecule has 3 aromatic rings. The molecule has 0 saturated heterocycles. The molecule has 1 heterocycles. The van der Waals surface area contributed by atoms with E-state index in [1.165, 1.54) is 0 Å². The van der Waals surface area contributed by atoms with Crippen LogP contribution in [0.4, 0.5) is 0 Å². The summed E-state index contributed by atoms with van der Waals surface area (Å²) in [7, 11) is 2.04. The largest absolute Gasteiger partial charge is 0.343 e. The Hall–Kier alpha value is -1.95. The predicted octanol–water partition coefficient (Wildman–Crippen LogP) is 5.61. The number of fused-ring (bicyclic) bond motifs is 1. The van der Waals surface area contributed by atoms with Gasteiger partial charge < -0.3 is 4.57 Å². The standard InChI is InChI=1S/C18H14Cl2N2/c1-22-17-9-8-14(20)11-16(17)15(3-2-10-21)18(22)12-4-6-13(19)7-5-12/h4-9,11H,2-3H2,1H3. The highest BCUT2D eigenvalue weighted by Gasteiger charge is 2.16. The number of nitrogens with zero attached hydrogens (tertiary/aromatic N) is 2. The SMILES string of the molecule is Cn1c(-c2ccc(Cl)cc2)c(CCC#N)c2cc(Cl)ccc21. The van der Waals surface area contributed by atoms with Crippen molar-refractivity contribution in [3.63, 3.8) is 0 Å². The van der Waals surface area contributed by atoms with E-state index in [9.17, 15) is 0 Å². The van der Waals surface area contributed by atoms with Crippen molar-refractivity contribution in [2.75, 3.05) is 0 Å². The highest BCUT2D eigenvalue weighted by Crippen LogP contribution is 2.35. The van der Waals surface area contributed by atoms with Crippen LogP contribution in [0.25, 0.3) is 22.2 Å². The Morgan fingerprint density at radius 2 is 1.73 bits per heavy atom. The topological polar surface area (TPSA) is 28.7 Å². The van der Waals surface area contributed by atoms with Crippen molar-refractivity contribution < 1.29 is 0 Å². The summed E-state index contributed by atoms with van der Waals surface area (Å²) in [6.45, 7) is 0. The molecule has 2 aromatic carbocycles. The van der Waals surface area contributed by atoms with Crippen LogP contribution in [0.15, 0.2) is 42.5 Å². The van der Waals surface area contributed by atoms with E-state index in [2.05, 4.69) is 10.6 Å². The molecule has 4 heteroatoms. The lowest BCUT2D eigenvalue weighted by atomic mass is 10.0. The van der Waals surface area contributed by atoms with Gasteiger partial charge in [0.25, 0.3) is 0 Å². The molecule has 0 aliphatic heterocycles. The van der Waals surface area contributed by atoms with Gasteiger partial charge >= 0.3 is 0 Å². The highest BCUT2D eigenvalue weighted by molar-refractivity contribution is 6.31. The van der Waals surface area contributed by atoms with E-state index in [4.69, 9.17) is 28.5 Å². The first kappa shape index (κ1) is 15.0. The molecule has 0 aliphatic carbocycles. The van der Waals surface area contributed by atoms with Crippen molar-refractivity contribution in [3.05, 3.63) is 58.1 Å². The third-order valence-electron chi connectivity index (χ3n) is 3.87. The van der Waals surface area contributed by atoms with Crippen molar-refractivity contribution in [1.82, 2.24) is 4.57 Å². The number of aromatic nitrogens is 1. The van der Waals surface area contributed by atoms with Gasteiger partial charge in [0, 0.05) is 34.4 Å². The number of hydrogen-bond acceptors (Lipinski definition) is 1. The van der Waals surface area contributed by atoms with Gasteiger partial charge in [-0.3, -0.25) is 0 Å². The predicted molar refractivity (Wildman–Crippen MR) is 92.3 cm³/mol. The maximum atomic E-state index is 8.96. The van der Waals surface area contributed by atoms with Crippen molar-refractivity contribution in [3.8, 4) is 17.3 Å². The molecule has 0 saturated carbocycles. The molecule has 0 N–H and O–H groups in total. The minimum atomic E-state index is 0.478. The number of aryl methyl sites for hydroxylation is 2. The van der Waals surface area contributed by atoms with Gasteiger partial charge in [-0.1, -0.05) is 35.3 Å². The molecule has 0 fully saturated rings. The average molecular weight is 329 g/mol. The summed E-state index contributed by atoms with van der Waals surface area (Å²) < 4.78 is 2.15. The fourth-order valence-corrected chi connectivity index (χ4v) is 3.20. The Balaban J connectivity index is 2.29. The molecule has 0 amide bonds. The minimum absolute atomic E-state index is 0.478. The van der Waals surface area contributed by atoms with Crippen LogP contribution in [-0.2, 0) is 13.5 Å². The van der Waals surface area contributed by atoms with Crippen LogP contribution in [0.1, 0.15) is 12.0 Å². The minimum Gasteiger partial charge on any atom is -0.343 e. The molecule has 0 spiro atoms. The van der Waals surface area contributed by atoms with Gasteiger partial charge in [-0.05, 0) is 47.9 Å². The van der Waals surface area contributed by atoms with Crippen molar-refractivity contribution in [2.45, 2.75) is 12.8 Å². The van der Waals surface area contributed by atoms with Gasteiger partial charge in [-0.2, -0.15) is 5.26 Å². The summed E-state index contributed by atoms with van der Waals surface area (Å²) >= 11 is 12.2. The first-order valence-corrected chi connectivity index (χ1v) is 7.77. The van der Waals surface area contributed by atoms with Gasteiger partial charge in [-0.25, -0.2) is 0 Å². The Labute approximate surface area is 139 Å². The molecule has 0 aliphatic rings. The smallest absolute Gasteiger partial charge is 0.0625 e. The van der Waals surface area contributed by atoms with Crippen molar-refractivity contribution in [1.29, 1.82) is 5.26 Å². The zero-order chi connectivity index (χ0) is 15.7. The van der Waals surface area contributed by atoms with Crippen LogP contribution < -0.4 is 0 Å². The molecular weight excluding hydrogens is 315 g/mol. The fraction of sp³-hybridized carbons (Fsp3) is 0.167. The van der Waals surface area contributed by atoms with E-state index in [1.807, 2.05) is 49.5 Å². The summed E-state index contributed by atoms with van der Waals surface area (Å²) in [4.78, 5) is 0. The van der Waals surface area contributed by atoms with Crippen molar-refractivity contribution in [2.24, 2.45) is 7.05 Å². The summed E-state index contributed by atoms with van der Waals surface area (Å²) in [5, 5.41) is 11.5. The molecule has 3 rings (SSSR count). The molecule has 0 radical (unpaired) electrons. The lowest BCUT2D eigenvalue weighted by Crippen LogP contribution is -1.94. The third-order valence-corrected chi connectivity index (χ3v) is 4.36. The van der Waals surface area contributed by atoms with Gasteiger partial charge in [0.15, 0.2) is 0 Å². The third kappa shape index (κ3) is 2.59. The van der Waals surface area contributed by atoms with Crippen molar-refractivity contribution >= 4 is 34.1 Å². The van der Waals surface area contributed by atoms with Gasteiger partial charge in [0.05, 0.1) is 11.8 Å². The van der Waals surface area contributed by atoms with Crippen LogP contribution in [0, 0.1) is 11.3 Å². The monoisotopic (exact) mass is 328 g/mol. The first-order valence-electron chi connectivity index (χ1n) is 7.01. The fourth-order valence-electron chi connectivity index (χ4n) is 2.90. The van der Waals surface area contributed by atoms with Gasteiger partial charge in [0.1, 0.15) is 0 Å². The number of halogens is 2. The molecule has 0 unspecified atom stereocenters. The number of benzene rings is 2. The summed E-state index contributed by atoms with van der Waals surface area (Å²) in [6, 6.07) is 15.9.